The Morgan fingerprint density at radius 3 is 2.18 bits per heavy atom. The molecule has 0 aliphatic rings. The minimum atomic E-state index is -0.236. The molecule has 0 saturated heterocycles. The van der Waals surface area contributed by atoms with Crippen LogP contribution in [-0.4, -0.2) is 12.1 Å². The Balaban J connectivity index is 2.78. The molecule has 1 unspecified atom stereocenters. The number of carbonyl (C=O) groups excluding carboxylic acids is 1. The van der Waals surface area contributed by atoms with Crippen LogP contribution in [0.2, 0.25) is 0 Å². The topological polar surface area (TPSA) is 26.3 Å². The van der Waals surface area contributed by atoms with Gasteiger partial charge < -0.3 is 4.74 Å². The Kier molecular flexibility index (Phi) is 4.33. The Bertz CT molecular complexity index is 371. The summed E-state index contributed by atoms with van der Waals surface area (Å²) >= 11 is 0. The van der Waals surface area contributed by atoms with E-state index in [2.05, 4.69) is 20.8 Å². The second-order valence-electron chi connectivity index (χ2n) is 5.45. The molecule has 0 amide bonds. The normalized spacial score (nSPS) is 13.2. The van der Waals surface area contributed by atoms with Crippen molar-refractivity contribution in [3.63, 3.8) is 0 Å². The van der Waals surface area contributed by atoms with Gasteiger partial charge in [-0.3, -0.25) is 0 Å². The van der Waals surface area contributed by atoms with Crippen LogP contribution < -0.4 is 0 Å². The number of ether oxygens (including phenoxy) is 1. The predicted molar refractivity (Wildman–Crippen MR) is 70.3 cm³/mol. The zero-order chi connectivity index (χ0) is 13.1. The van der Waals surface area contributed by atoms with Crippen molar-refractivity contribution in [1.82, 2.24) is 0 Å². The van der Waals surface area contributed by atoms with Gasteiger partial charge in [-0.05, 0) is 36.5 Å². The van der Waals surface area contributed by atoms with E-state index in [1.165, 1.54) is 5.56 Å². The smallest absolute Gasteiger partial charge is 0.338 e. The lowest BCUT2D eigenvalue weighted by Crippen LogP contribution is -2.15. The molecule has 0 aliphatic carbocycles. The Labute approximate surface area is 104 Å². The molecule has 0 fully saturated rings. The van der Waals surface area contributed by atoms with E-state index in [0.717, 1.165) is 6.42 Å². The molecule has 1 aromatic carbocycles. The Hall–Kier alpha value is -1.31. The number of rotatable bonds is 3. The lowest BCUT2D eigenvalue weighted by molar-refractivity contribution is 0.0334. The minimum absolute atomic E-state index is 0.0233. The zero-order valence-electron chi connectivity index (χ0n) is 11.4. The second-order valence-corrected chi connectivity index (χ2v) is 5.45. The van der Waals surface area contributed by atoms with Crippen molar-refractivity contribution < 1.29 is 9.53 Å². The summed E-state index contributed by atoms with van der Waals surface area (Å²) in [5.74, 6) is -0.236. The highest BCUT2D eigenvalue weighted by Crippen LogP contribution is 2.22. The van der Waals surface area contributed by atoms with Crippen LogP contribution in [0, 0.1) is 0 Å². The summed E-state index contributed by atoms with van der Waals surface area (Å²) < 4.78 is 5.27. The van der Waals surface area contributed by atoms with Gasteiger partial charge in [-0.15, -0.1) is 0 Å². The molecule has 0 aromatic heterocycles. The summed E-state index contributed by atoms with van der Waals surface area (Å²) in [6, 6.07) is 7.66. The summed E-state index contributed by atoms with van der Waals surface area (Å²) in [5.41, 5.74) is 1.95. The SMILES string of the molecule is CCC(C)OC(=O)c1ccc(C(C)(C)C)cc1. The lowest BCUT2D eigenvalue weighted by atomic mass is 9.87. The molecule has 0 aliphatic heterocycles. The quantitative estimate of drug-likeness (QED) is 0.740. The number of esters is 1. The average Bonchev–Trinajstić information content (AvgIpc) is 2.27. The van der Waals surface area contributed by atoms with E-state index >= 15 is 0 Å². The molecular weight excluding hydrogens is 212 g/mol. The highest BCUT2D eigenvalue weighted by atomic mass is 16.5. The number of benzene rings is 1. The number of hydrogen-bond donors (Lipinski definition) is 0. The summed E-state index contributed by atoms with van der Waals surface area (Å²) in [6.45, 7) is 10.4. The fraction of sp³-hybridized carbons (Fsp3) is 0.533. The molecule has 0 heterocycles. The first-order valence-corrected chi connectivity index (χ1v) is 6.16. The fourth-order valence-electron chi connectivity index (χ4n) is 1.44. The van der Waals surface area contributed by atoms with E-state index in [0.29, 0.717) is 5.56 Å². The molecule has 0 saturated carbocycles. The second kappa shape index (κ2) is 5.35. The molecule has 0 spiro atoms. The van der Waals surface area contributed by atoms with Crippen LogP contribution in [-0.2, 0) is 10.2 Å². The zero-order valence-corrected chi connectivity index (χ0v) is 11.4. The third-order valence-electron chi connectivity index (χ3n) is 2.87. The van der Waals surface area contributed by atoms with Gasteiger partial charge in [0.15, 0.2) is 0 Å². The van der Waals surface area contributed by atoms with Gasteiger partial charge in [-0.1, -0.05) is 39.8 Å². The molecule has 2 nitrogen and oxygen atoms in total. The summed E-state index contributed by atoms with van der Waals surface area (Å²) in [7, 11) is 0. The fourth-order valence-corrected chi connectivity index (χ4v) is 1.44. The third-order valence-corrected chi connectivity index (χ3v) is 2.87. The van der Waals surface area contributed by atoms with Crippen LogP contribution in [0.5, 0.6) is 0 Å². The standard InChI is InChI=1S/C15H22O2/c1-6-11(2)17-14(16)12-7-9-13(10-8-12)15(3,4)5/h7-11H,6H2,1-5H3. The Morgan fingerprint density at radius 1 is 1.24 bits per heavy atom. The van der Waals surface area contributed by atoms with Gasteiger partial charge in [0, 0.05) is 0 Å². The summed E-state index contributed by atoms with van der Waals surface area (Å²) in [5, 5.41) is 0. The third kappa shape index (κ3) is 3.88. The van der Waals surface area contributed by atoms with E-state index in [1.54, 1.807) is 0 Å². The van der Waals surface area contributed by atoms with Gasteiger partial charge in [0.25, 0.3) is 0 Å². The van der Waals surface area contributed by atoms with E-state index in [-0.39, 0.29) is 17.5 Å². The van der Waals surface area contributed by atoms with Crippen LogP contribution in [0.4, 0.5) is 0 Å². The van der Waals surface area contributed by atoms with Gasteiger partial charge in [0.05, 0.1) is 11.7 Å². The molecule has 0 N–H and O–H groups in total. The van der Waals surface area contributed by atoms with Gasteiger partial charge in [0.2, 0.25) is 0 Å². The first kappa shape index (κ1) is 13.8. The van der Waals surface area contributed by atoms with E-state index in [9.17, 15) is 4.79 Å². The predicted octanol–water partition coefficient (Wildman–Crippen LogP) is 3.94. The molecule has 0 radical (unpaired) electrons. The van der Waals surface area contributed by atoms with Gasteiger partial charge >= 0.3 is 5.97 Å². The number of hydrogen-bond acceptors (Lipinski definition) is 2. The van der Waals surface area contributed by atoms with Crippen LogP contribution in [0.3, 0.4) is 0 Å². The van der Waals surface area contributed by atoms with Crippen molar-refractivity contribution in [3.8, 4) is 0 Å². The minimum Gasteiger partial charge on any atom is -0.459 e. The lowest BCUT2D eigenvalue weighted by Gasteiger charge is -2.19. The van der Waals surface area contributed by atoms with Gasteiger partial charge in [0.1, 0.15) is 0 Å². The number of carbonyl (C=O) groups is 1. The molecule has 1 atom stereocenters. The van der Waals surface area contributed by atoms with E-state index in [1.807, 2.05) is 38.1 Å². The average molecular weight is 234 g/mol. The van der Waals surface area contributed by atoms with Crippen molar-refractivity contribution in [2.75, 3.05) is 0 Å². The van der Waals surface area contributed by atoms with Crippen LogP contribution >= 0.6 is 0 Å². The Morgan fingerprint density at radius 2 is 1.76 bits per heavy atom. The maximum absolute atomic E-state index is 11.8. The highest BCUT2D eigenvalue weighted by Gasteiger charge is 2.15. The largest absolute Gasteiger partial charge is 0.459 e. The van der Waals surface area contributed by atoms with Crippen molar-refractivity contribution in [1.29, 1.82) is 0 Å². The highest BCUT2D eigenvalue weighted by molar-refractivity contribution is 5.89. The molecule has 1 rings (SSSR count). The van der Waals surface area contributed by atoms with Crippen molar-refractivity contribution in [2.24, 2.45) is 0 Å². The molecule has 94 valence electrons. The molecule has 2 heteroatoms. The molecule has 1 aromatic rings. The van der Waals surface area contributed by atoms with Gasteiger partial charge in [-0.25, -0.2) is 4.79 Å². The molecule has 0 bridgehead atoms. The van der Waals surface area contributed by atoms with Crippen molar-refractivity contribution in [2.45, 2.75) is 52.6 Å². The first-order chi connectivity index (χ1) is 7.84. The van der Waals surface area contributed by atoms with Crippen molar-refractivity contribution in [3.05, 3.63) is 35.4 Å². The maximum Gasteiger partial charge on any atom is 0.338 e. The first-order valence-electron chi connectivity index (χ1n) is 6.16. The van der Waals surface area contributed by atoms with Gasteiger partial charge in [-0.2, -0.15) is 0 Å². The molecular formula is C15H22O2. The summed E-state index contributed by atoms with van der Waals surface area (Å²) in [6.07, 6.45) is 0.816. The maximum atomic E-state index is 11.8. The monoisotopic (exact) mass is 234 g/mol. The van der Waals surface area contributed by atoms with Crippen molar-refractivity contribution >= 4 is 5.97 Å². The molecule has 17 heavy (non-hydrogen) atoms. The van der Waals surface area contributed by atoms with Crippen LogP contribution in [0.15, 0.2) is 24.3 Å². The summed E-state index contributed by atoms with van der Waals surface area (Å²) in [4.78, 5) is 11.8. The van der Waals surface area contributed by atoms with Crippen LogP contribution in [0.1, 0.15) is 57.0 Å². The van der Waals surface area contributed by atoms with E-state index < -0.39 is 0 Å². The van der Waals surface area contributed by atoms with E-state index in [4.69, 9.17) is 4.74 Å². The van der Waals surface area contributed by atoms with Crippen LogP contribution in [0.25, 0.3) is 0 Å².